The summed E-state index contributed by atoms with van der Waals surface area (Å²) in [7, 11) is 3.46. The third kappa shape index (κ3) is 4.07. The SMILES string of the molecule is CN(C)C(=O)CCCC(=O)N1C[C@@H](N)[C@H](c2ccccc2)C1. The Balaban J connectivity index is 1.84. The van der Waals surface area contributed by atoms with Gasteiger partial charge in [-0.2, -0.15) is 0 Å². The molecule has 2 atom stereocenters. The van der Waals surface area contributed by atoms with E-state index in [0.717, 1.165) is 0 Å². The molecule has 1 heterocycles. The topological polar surface area (TPSA) is 66.6 Å². The monoisotopic (exact) mass is 303 g/mol. The van der Waals surface area contributed by atoms with Crippen LogP contribution in [0.1, 0.15) is 30.7 Å². The number of likely N-dealkylation sites (tertiary alicyclic amines) is 1. The zero-order valence-electron chi connectivity index (χ0n) is 13.4. The van der Waals surface area contributed by atoms with Crippen LogP contribution in [0, 0.1) is 0 Å². The molecule has 2 N–H and O–H groups in total. The summed E-state index contributed by atoms with van der Waals surface area (Å²) in [6, 6.07) is 10.1. The summed E-state index contributed by atoms with van der Waals surface area (Å²) in [6.07, 6.45) is 1.42. The smallest absolute Gasteiger partial charge is 0.222 e. The number of carbonyl (C=O) groups excluding carboxylic acids is 2. The van der Waals surface area contributed by atoms with E-state index in [1.165, 1.54) is 5.56 Å². The van der Waals surface area contributed by atoms with E-state index < -0.39 is 0 Å². The Hall–Kier alpha value is -1.88. The van der Waals surface area contributed by atoms with Gasteiger partial charge in [-0.1, -0.05) is 30.3 Å². The van der Waals surface area contributed by atoms with Crippen molar-refractivity contribution >= 4 is 11.8 Å². The molecule has 5 nitrogen and oxygen atoms in total. The molecular formula is C17H25N3O2. The van der Waals surface area contributed by atoms with Crippen LogP contribution in [0.25, 0.3) is 0 Å². The van der Waals surface area contributed by atoms with Crippen molar-refractivity contribution < 1.29 is 9.59 Å². The number of amides is 2. The van der Waals surface area contributed by atoms with E-state index in [0.29, 0.717) is 32.4 Å². The molecule has 0 radical (unpaired) electrons. The van der Waals surface area contributed by atoms with Gasteiger partial charge in [0.25, 0.3) is 0 Å². The second-order valence-corrected chi connectivity index (χ2v) is 6.12. The van der Waals surface area contributed by atoms with E-state index in [2.05, 4.69) is 12.1 Å². The molecule has 22 heavy (non-hydrogen) atoms. The Morgan fingerprint density at radius 2 is 1.86 bits per heavy atom. The molecule has 0 saturated carbocycles. The molecule has 0 bridgehead atoms. The van der Waals surface area contributed by atoms with Gasteiger partial charge in [0, 0.05) is 52.0 Å². The molecule has 1 fully saturated rings. The largest absolute Gasteiger partial charge is 0.349 e. The number of nitrogens with zero attached hydrogens (tertiary/aromatic N) is 2. The highest BCUT2D eigenvalue weighted by atomic mass is 16.2. The maximum absolute atomic E-state index is 12.3. The van der Waals surface area contributed by atoms with E-state index in [1.54, 1.807) is 19.0 Å². The van der Waals surface area contributed by atoms with Crippen molar-refractivity contribution in [2.75, 3.05) is 27.2 Å². The molecule has 0 spiro atoms. The Morgan fingerprint density at radius 3 is 2.50 bits per heavy atom. The summed E-state index contributed by atoms with van der Waals surface area (Å²) in [6.45, 7) is 1.27. The molecule has 5 heteroatoms. The number of rotatable bonds is 5. The summed E-state index contributed by atoms with van der Waals surface area (Å²) in [5.74, 6) is 0.363. The van der Waals surface area contributed by atoms with Crippen molar-refractivity contribution in [3.8, 4) is 0 Å². The normalized spacial score (nSPS) is 21.0. The van der Waals surface area contributed by atoms with Gasteiger partial charge in [0.05, 0.1) is 0 Å². The molecule has 1 aromatic carbocycles. The van der Waals surface area contributed by atoms with Crippen LogP contribution in [0.5, 0.6) is 0 Å². The van der Waals surface area contributed by atoms with Gasteiger partial charge in [-0.25, -0.2) is 0 Å². The minimum Gasteiger partial charge on any atom is -0.349 e. The van der Waals surface area contributed by atoms with Gasteiger partial charge in [0.2, 0.25) is 11.8 Å². The molecule has 0 aromatic heterocycles. The van der Waals surface area contributed by atoms with Crippen LogP contribution in [-0.2, 0) is 9.59 Å². The second-order valence-electron chi connectivity index (χ2n) is 6.12. The molecule has 1 aliphatic rings. The van der Waals surface area contributed by atoms with Crippen molar-refractivity contribution in [1.82, 2.24) is 9.80 Å². The number of hydrogen-bond donors (Lipinski definition) is 1. The summed E-state index contributed by atoms with van der Waals surface area (Å²) < 4.78 is 0. The van der Waals surface area contributed by atoms with Crippen molar-refractivity contribution in [3.05, 3.63) is 35.9 Å². The van der Waals surface area contributed by atoms with Crippen LogP contribution in [0.2, 0.25) is 0 Å². The van der Waals surface area contributed by atoms with Gasteiger partial charge in [-0.05, 0) is 12.0 Å². The van der Waals surface area contributed by atoms with Crippen LogP contribution in [0.4, 0.5) is 0 Å². The molecule has 120 valence electrons. The lowest BCUT2D eigenvalue weighted by atomic mass is 9.95. The van der Waals surface area contributed by atoms with E-state index >= 15 is 0 Å². The molecule has 0 unspecified atom stereocenters. The zero-order chi connectivity index (χ0) is 16.1. The Kier molecular flexibility index (Phi) is 5.55. The average molecular weight is 303 g/mol. The molecule has 2 amide bonds. The Morgan fingerprint density at radius 1 is 1.18 bits per heavy atom. The van der Waals surface area contributed by atoms with Crippen LogP contribution >= 0.6 is 0 Å². The minimum absolute atomic E-state index is 0.0187. The van der Waals surface area contributed by atoms with E-state index in [9.17, 15) is 9.59 Å². The first-order valence-corrected chi connectivity index (χ1v) is 7.77. The lowest BCUT2D eigenvalue weighted by Crippen LogP contribution is -2.32. The van der Waals surface area contributed by atoms with Gasteiger partial charge < -0.3 is 15.5 Å². The van der Waals surface area contributed by atoms with Crippen molar-refractivity contribution in [1.29, 1.82) is 0 Å². The van der Waals surface area contributed by atoms with Crippen molar-refractivity contribution in [3.63, 3.8) is 0 Å². The molecule has 0 aliphatic carbocycles. The van der Waals surface area contributed by atoms with Crippen LogP contribution < -0.4 is 5.73 Å². The first-order valence-electron chi connectivity index (χ1n) is 7.77. The van der Waals surface area contributed by atoms with Gasteiger partial charge >= 0.3 is 0 Å². The summed E-state index contributed by atoms with van der Waals surface area (Å²) in [4.78, 5) is 27.2. The zero-order valence-corrected chi connectivity index (χ0v) is 13.4. The lowest BCUT2D eigenvalue weighted by molar-refractivity contribution is -0.131. The highest BCUT2D eigenvalue weighted by Crippen LogP contribution is 2.26. The third-order valence-corrected chi connectivity index (χ3v) is 4.23. The standard InChI is InChI=1S/C17H25N3O2/c1-19(2)16(21)9-6-10-17(22)20-11-14(15(18)12-20)13-7-4-3-5-8-13/h3-5,7-8,14-15H,6,9-12,18H2,1-2H3/t14-,15+/m0/s1. The molecule has 2 rings (SSSR count). The van der Waals surface area contributed by atoms with Crippen LogP contribution in [0.3, 0.4) is 0 Å². The maximum Gasteiger partial charge on any atom is 0.222 e. The van der Waals surface area contributed by atoms with Crippen molar-refractivity contribution in [2.24, 2.45) is 5.73 Å². The summed E-state index contributed by atoms with van der Waals surface area (Å²) >= 11 is 0. The predicted octanol–water partition coefficient (Wildman–Crippen LogP) is 1.20. The molecule has 1 saturated heterocycles. The summed E-state index contributed by atoms with van der Waals surface area (Å²) in [5.41, 5.74) is 7.39. The number of nitrogens with two attached hydrogens (primary N) is 1. The Labute approximate surface area is 132 Å². The van der Waals surface area contributed by atoms with Crippen molar-refractivity contribution in [2.45, 2.75) is 31.2 Å². The predicted molar refractivity (Wildman–Crippen MR) is 86.3 cm³/mol. The van der Waals surface area contributed by atoms with Gasteiger partial charge in [-0.15, -0.1) is 0 Å². The van der Waals surface area contributed by atoms with Gasteiger partial charge in [0.1, 0.15) is 0 Å². The highest BCUT2D eigenvalue weighted by molar-refractivity contribution is 5.79. The third-order valence-electron chi connectivity index (χ3n) is 4.23. The Bertz CT molecular complexity index is 516. The molecule has 1 aliphatic heterocycles. The van der Waals surface area contributed by atoms with E-state index in [4.69, 9.17) is 5.73 Å². The number of hydrogen-bond acceptors (Lipinski definition) is 3. The first kappa shape index (κ1) is 16.5. The van der Waals surface area contributed by atoms with Gasteiger partial charge in [0.15, 0.2) is 0 Å². The quantitative estimate of drug-likeness (QED) is 0.889. The van der Waals surface area contributed by atoms with E-state index in [-0.39, 0.29) is 23.8 Å². The van der Waals surface area contributed by atoms with E-state index in [1.807, 2.05) is 23.1 Å². The fraction of sp³-hybridized carbons (Fsp3) is 0.529. The average Bonchev–Trinajstić information content (AvgIpc) is 2.90. The maximum atomic E-state index is 12.3. The number of carbonyl (C=O) groups is 2. The molecule has 1 aromatic rings. The van der Waals surface area contributed by atoms with Crippen LogP contribution in [-0.4, -0.2) is 54.8 Å². The second kappa shape index (κ2) is 7.40. The van der Waals surface area contributed by atoms with Crippen LogP contribution in [0.15, 0.2) is 30.3 Å². The highest BCUT2D eigenvalue weighted by Gasteiger charge is 2.33. The lowest BCUT2D eigenvalue weighted by Gasteiger charge is -2.17. The fourth-order valence-corrected chi connectivity index (χ4v) is 2.86. The summed E-state index contributed by atoms with van der Waals surface area (Å²) in [5, 5.41) is 0. The minimum atomic E-state index is -0.0187. The first-order chi connectivity index (χ1) is 10.5. The number of benzene rings is 1. The fourth-order valence-electron chi connectivity index (χ4n) is 2.86. The molecular weight excluding hydrogens is 278 g/mol. The van der Waals surface area contributed by atoms with Gasteiger partial charge in [-0.3, -0.25) is 9.59 Å².